The number of aryl methyl sites for hydroxylation is 1. The number of nitro benzene ring substituents is 1. The summed E-state index contributed by atoms with van der Waals surface area (Å²) in [6.07, 6.45) is 2.15. The molecule has 0 radical (unpaired) electrons. The van der Waals surface area contributed by atoms with Gasteiger partial charge in [-0.15, -0.1) is 0 Å². The first kappa shape index (κ1) is 15.1. The highest BCUT2D eigenvalue weighted by Gasteiger charge is 2.27. The molecule has 2 atom stereocenters. The number of piperidine rings is 1. The minimum Gasteiger partial charge on any atom is -0.367 e. The third-order valence-electron chi connectivity index (χ3n) is 4.02. The summed E-state index contributed by atoms with van der Waals surface area (Å²) in [6.45, 7) is 5.61. The van der Waals surface area contributed by atoms with Crippen molar-refractivity contribution >= 4 is 23.0 Å². The predicted octanol–water partition coefficient (Wildman–Crippen LogP) is 3.12. The molecule has 1 fully saturated rings. The van der Waals surface area contributed by atoms with Crippen LogP contribution in [0.3, 0.4) is 0 Å². The van der Waals surface area contributed by atoms with Crippen LogP contribution >= 0.6 is 11.6 Å². The van der Waals surface area contributed by atoms with E-state index in [1.807, 2.05) is 6.92 Å². The Morgan fingerprint density at radius 3 is 2.85 bits per heavy atom. The molecule has 5 nitrogen and oxygen atoms in total. The zero-order chi connectivity index (χ0) is 14.9. The third kappa shape index (κ3) is 2.88. The Hall–Kier alpha value is -1.33. The zero-order valence-electron chi connectivity index (χ0n) is 11.8. The Bertz CT molecular complexity index is 521. The lowest BCUT2D eigenvalue weighted by atomic mass is 9.91. The van der Waals surface area contributed by atoms with E-state index in [2.05, 4.69) is 11.8 Å². The summed E-state index contributed by atoms with van der Waals surface area (Å²) in [6, 6.07) is 3.52. The van der Waals surface area contributed by atoms with Gasteiger partial charge in [-0.3, -0.25) is 10.1 Å². The maximum Gasteiger partial charge on any atom is 0.288 e. The maximum absolute atomic E-state index is 10.9. The van der Waals surface area contributed by atoms with Crippen molar-refractivity contribution in [3.05, 3.63) is 32.8 Å². The Labute approximate surface area is 123 Å². The molecule has 0 aliphatic carbocycles. The molecule has 1 aromatic carbocycles. The summed E-state index contributed by atoms with van der Waals surface area (Å²) in [4.78, 5) is 12.7. The standard InChI is InChI=1S/C14H20ClN3O2/c1-9-3-4-17(11(5-9)8-16)13-7-12(15)14(18(19)20)6-10(13)2/h6-7,9,11H,3-5,8,16H2,1-2H3. The average molecular weight is 298 g/mol. The molecular weight excluding hydrogens is 278 g/mol. The van der Waals surface area contributed by atoms with Crippen LogP contribution in [-0.4, -0.2) is 24.1 Å². The summed E-state index contributed by atoms with van der Waals surface area (Å²) in [7, 11) is 0. The Morgan fingerprint density at radius 2 is 2.25 bits per heavy atom. The number of anilines is 1. The van der Waals surface area contributed by atoms with Crippen molar-refractivity contribution in [2.75, 3.05) is 18.0 Å². The molecule has 0 bridgehead atoms. The second-order valence-electron chi connectivity index (χ2n) is 5.56. The Morgan fingerprint density at radius 1 is 1.55 bits per heavy atom. The van der Waals surface area contributed by atoms with Gasteiger partial charge in [0.1, 0.15) is 5.02 Å². The highest BCUT2D eigenvalue weighted by atomic mass is 35.5. The minimum absolute atomic E-state index is 0.0393. The van der Waals surface area contributed by atoms with Crippen LogP contribution in [0.2, 0.25) is 5.02 Å². The second kappa shape index (κ2) is 5.97. The van der Waals surface area contributed by atoms with Crippen LogP contribution in [0.15, 0.2) is 12.1 Å². The van der Waals surface area contributed by atoms with Crippen LogP contribution in [0.4, 0.5) is 11.4 Å². The molecule has 1 heterocycles. The molecule has 1 saturated heterocycles. The van der Waals surface area contributed by atoms with E-state index in [0.717, 1.165) is 30.6 Å². The Kier molecular flexibility index (Phi) is 4.50. The summed E-state index contributed by atoms with van der Waals surface area (Å²) in [5.74, 6) is 0.661. The molecule has 0 aromatic heterocycles. The molecule has 1 aliphatic rings. The minimum atomic E-state index is -0.447. The van der Waals surface area contributed by atoms with Crippen molar-refractivity contribution in [1.82, 2.24) is 0 Å². The summed E-state index contributed by atoms with van der Waals surface area (Å²) >= 11 is 6.04. The number of nitrogens with zero attached hydrogens (tertiary/aromatic N) is 2. The summed E-state index contributed by atoms with van der Waals surface area (Å²) in [5, 5.41) is 11.1. The van der Waals surface area contributed by atoms with Crippen LogP contribution in [0.25, 0.3) is 0 Å². The molecule has 0 saturated carbocycles. The molecule has 0 amide bonds. The van der Waals surface area contributed by atoms with E-state index in [-0.39, 0.29) is 16.8 Å². The van der Waals surface area contributed by atoms with E-state index >= 15 is 0 Å². The SMILES string of the molecule is Cc1cc([N+](=O)[O-])c(Cl)cc1N1CCC(C)CC1CN. The average Bonchev–Trinajstić information content (AvgIpc) is 2.40. The largest absolute Gasteiger partial charge is 0.367 e. The monoisotopic (exact) mass is 297 g/mol. The number of nitro groups is 1. The Balaban J connectivity index is 2.37. The summed E-state index contributed by atoms with van der Waals surface area (Å²) in [5.41, 5.74) is 7.67. The van der Waals surface area contributed by atoms with Crippen molar-refractivity contribution in [1.29, 1.82) is 0 Å². The smallest absolute Gasteiger partial charge is 0.288 e. The highest BCUT2D eigenvalue weighted by Crippen LogP contribution is 2.36. The third-order valence-corrected chi connectivity index (χ3v) is 4.32. The lowest BCUT2D eigenvalue weighted by Gasteiger charge is -2.40. The fraction of sp³-hybridized carbons (Fsp3) is 0.571. The van der Waals surface area contributed by atoms with Crippen LogP contribution in [0.5, 0.6) is 0 Å². The van der Waals surface area contributed by atoms with Gasteiger partial charge >= 0.3 is 0 Å². The van der Waals surface area contributed by atoms with Crippen molar-refractivity contribution < 1.29 is 4.92 Å². The predicted molar refractivity (Wildman–Crippen MR) is 81.4 cm³/mol. The van der Waals surface area contributed by atoms with Crippen LogP contribution in [0, 0.1) is 23.0 Å². The molecule has 110 valence electrons. The van der Waals surface area contributed by atoms with Crippen LogP contribution in [0.1, 0.15) is 25.3 Å². The molecule has 2 N–H and O–H groups in total. The van der Waals surface area contributed by atoms with Gasteiger partial charge in [-0.25, -0.2) is 0 Å². The quantitative estimate of drug-likeness (QED) is 0.687. The van der Waals surface area contributed by atoms with Gasteiger partial charge in [0.15, 0.2) is 0 Å². The first-order valence-electron chi connectivity index (χ1n) is 6.85. The van der Waals surface area contributed by atoms with Gasteiger partial charge in [-0.05, 0) is 37.3 Å². The highest BCUT2D eigenvalue weighted by molar-refractivity contribution is 6.33. The molecule has 6 heteroatoms. The maximum atomic E-state index is 10.9. The molecular formula is C14H20ClN3O2. The zero-order valence-corrected chi connectivity index (χ0v) is 12.6. The van der Waals surface area contributed by atoms with E-state index in [9.17, 15) is 10.1 Å². The van der Waals surface area contributed by atoms with Gasteiger partial charge in [-0.1, -0.05) is 18.5 Å². The molecule has 0 spiro atoms. The lowest BCUT2D eigenvalue weighted by Crippen LogP contribution is -2.46. The number of nitrogens with two attached hydrogens (primary N) is 1. The topological polar surface area (TPSA) is 72.4 Å². The molecule has 20 heavy (non-hydrogen) atoms. The van der Waals surface area contributed by atoms with E-state index in [0.29, 0.717) is 12.5 Å². The van der Waals surface area contributed by atoms with E-state index in [1.165, 1.54) is 0 Å². The van der Waals surface area contributed by atoms with Gasteiger partial charge in [0.05, 0.1) is 4.92 Å². The molecule has 1 aromatic rings. The van der Waals surface area contributed by atoms with Gasteiger partial charge in [-0.2, -0.15) is 0 Å². The normalized spacial score (nSPS) is 22.9. The summed E-state index contributed by atoms with van der Waals surface area (Å²) < 4.78 is 0. The molecule has 2 unspecified atom stereocenters. The fourth-order valence-corrected chi connectivity index (χ4v) is 3.12. The fourth-order valence-electron chi connectivity index (χ4n) is 2.90. The van der Waals surface area contributed by atoms with Crippen molar-refractivity contribution in [2.45, 2.75) is 32.7 Å². The van der Waals surface area contributed by atoms with Crippen LogP contribution in [-0.2, 0) is 0 Å². The van der Waals surface area contributed by atoms with E-state index in [4.69, 9.17) is 17.3 Å². The van der Waals surface area contributed by atoms with Crippen molar-refractivity contribution in [2.24, 2.45) is 11.7 Å². The van der Waals surface area contributed by atoms with Gasteiger partial charge < -0.3 is 10.6 Å². The van der Waals surface area contributed by atoms with Gasteiger partial charge in [0.25, 0.3) is 5.69 Å². The van der Waals surface area contributed by atoms with E-state index in [1.54, 1.807) is 12.1 Å². The molecule has 1 aliphatic heterocycles. The molecule has 2 rings (SSSR count). The number of hydrogen-bond acceptors (Lipinski definition) is 4. The van der Waals surface area contributed by atoms with Crippen molar-refractivity contribution in [3.8, 4) is 0 Å². The number of rotatable bonds is 3. The number of benzene rings is 1. The number of halogens is 1. The van der Waals surface area contributed by atoms with E-state index < -0.39 is 4.92 Å². The second-order valence-corrected chi connectivity index (χ2v) is 5.97. The van der Waals surface area contributed by atoms with Gasteiger partial charge in [0.2, 0.25) is 0 Å². The van der Waals surface area contributed by atoms with Crippen molar-refractivity contribution in [3.63, 3.8) is 0 Å². The first-order chi connectivity index (χ1) is 9.43. The van der Waals surface area contributed by atoms with Crippen LogP contribution < -0.4 is 10.6 Å². The lowest BCUT2D eigenvalue weighted by molar-refractivity contribution is -0.384. The number of hydrogen-bond donors (Lipinski definition) is 1. The van der Waals surface area contributed by atoms with Gasteiger partial charge in [0, 0.05) is 30.9 Å². The first-order valence-corrected chi connectivity index (χ1v) is 7.23.